The summed E-state index contributed by atoms with van der Waals surface area (Å²) in [6, 6.07) is 1.91. The molecule has 2 aromatic heterocycles. The standard InChI is InChI=1S/C14H20BrN5/c1-9(2)14-18-12(15)7-13(19-14)16-6-4-5-11-8-17-20-10(11)3/h7-9H,4-6H2,1-3H3,(H,17,20)(H,16,18,19). The van der Waals surface area contributed by atoms with Gasteiger partial charge in [0.25, 0.3) is 0 Å². The summed E-state index contributed by atoms with van der Waals surface area (Å²) in [5.74, 6) is 2.05. The normalized spacial score (nSPS) is 11.1. The maximum absolute atomic E-state index is 4.51. The fourth-order valence-electron chi connectivity index (χ4n) is 1.91. The van der Waals surface area contributed by atoms with Crippen molar-refractivity contribution >= 4 is 21.7 Å². The number of aromatic amines is 1. The predicted octanol–water partition coefficient (Wildman–Crippen LogP) is 3.44. The molecule has 0 saturated heterocycles. The SMILES string of the molecule is Cc1[nH]ncc1CCCNc1cc(Br)nc(C(C)C)n1. The Morgan fingerprint density at radius 2 is 2.15 bits per heavy atom. The number of aromatic nitrogens is 4. The summed E-state index contributed by atoms with van der Waals surface area (Å²) >= 11 is 3.43. The van der Waals surface area contributed by atoms with E-state index in [1.165, 1.54) is 5.56 Å². The average Bonchev–Trinajstić information content (AvgIpc) is 2.80. The first kappa shape index (κ1) is 15.0. The molecule has 0 spiro atoms. The summed E-state index contributed by atoms with van der Waals surface area (Å²) in [5.41, 5.74) is 2.43. The number of nitrogens with zero attached hydrogens (tertiary/aromatic N) is 3. The van der Waals surface area contributed by atoms with Gasteiger partial charge in [-0.05, 0) is 41.3 Å². The summed E-state index contributed by atoms with van der Waals surface area (Å²) < 4.78 is 0.823. The monoisotopic (exact) mass is 337 g/mol. The molecule has 2 aromatic rings. The molecule has 108 valence electrons. The number of halogens is 1. The van der Waals surface area contributed by atoms with E-state index in [9.17, 15) is 0 Å². The van der Waals surface area contributed by atoms with Gasteiger partial charge in [0.2, 0.25) is 0 Å². The molecular weight excluding hydrogens is 318 g/mol. The zero-order chi connectivity index (χ0) is 14.5. The van der Waals surface area contributed by atoms with Gasteiger partial charge < -0.3 is 5.32 Å². The molecule has 0 aromatic carbocycles. The van der Waals surface area contributed by atoms with E-state index in [0.29, 0.717) is 5.92 Å². The van der Waals surface area contributed by atoms with Gasteiger partial charge >= 0.3 is 0 Å². The Morgan fingerprint density at radius 3 is 2.80 bits per heavy atom. The molecule has 20 heavy (non-hydrogen) atoms. The second-order valence-electron chi connectivity index (χ2n) is 5.14. The molecule has 2 N–H and O–H groups in total. The minimum absolute atomic E-state index is 0.321. The van der Waals surface area contributed by atoms with Gasteiger partial charge in [-0.2, -0.15) is 5.10 Å². The highest BCUT2D eigenvalue weighted by Gasteiger charge is 2.06. The van der Waals surface area contributed by atoms with Crippen molar-refractivity contribution in [2.45, 2.75) is 39.5 Å². The molecule has 5 nitrogen and oxygen atoms in total. The van der Waals surface area contributed by atoms with Gasteiger partial charge in [-0.1, -0.05) is 13.8 Å². The lowest BCUT2D eigenvalue weighted by atomic mass is 10.1. The van der Waals surface area contributed by atoms with Gasteiger partial charge in [-0.25, -0.2) is 9.97 Å². The molecule has 0 aliphatic heterocycles. The van der Waals surface area contributed by atoms with Crippen molar-refractivity contribution in [2.75, 3.05) is 11.9 Å². The first-order valence-corrected chi connectivity index (χ1v) is 7.62. The topological polar surface area (TPSA) is 66.5 Å². The quantitative estimate of drug-likeness (QED) is 0.625. The highest BCUT2D eigenvalue weighted by atomic mass is 79.9. The fraction of sp³-hybridized carbons (Fsp3) is 0.500. The van der Waals surface area contributed by atoms with E-state index in [4.69, 9.17) is 0 Å². The van der Waals surface area contributed by atoms with Crippen LogP contribution in [-0.4, -0.2) is 26.7 Å². The zero-order valence-corrected chi connectivity index (χ0v) is 13.7. The Labute approximate surface area is 127 Å². The van der Waals surface area contributed by atoms with Crippen molar-refractivity contribution in [3.05, 3.63) is 33.9 Å². The third-order valence-electron chi connectivity index (χ3n) is 3.09. The molecule has 6 heteroatoms. The van der Waals surface area contributed by atoms with Gasteiger partial charge in [0.05, 0.1) is 6.20 Å². The molecule has 0 fully saturated rings. The molecule has 0 unspecified atom stereocenters. The van der Waals surface area contributed by atoms with E-state index >= 15 is 0 Å². The van der Waals surface area contributed by atoms with Crippen molar-refractivity contribution in [2.24, 2.45) is 0 Å². The Morgan fingerprint density at radius 1 is 1.35 bits per heavy atom. The van der Waals surface area contributed by atoms with Gasteiger partial charge in [-0.15, -0.1) is 0 Å². The molecule has 0 atom stereocenters. The summed E-state index contributed by atoms with van der Waals surface area (Å²) in [7, 11) is 0. The second-order valence-corrected chi connectivity index (χ2v) is 5.95. The minimum Gasteiger partial charge on any atom is -0.370 e. The largest absolute Gasteiger partial charge is 0.370 e. The number of rotatable bonds is 6. The van der Waals surface area contributed by atoms with Gasteiger partial charge in [0.1, 0.15) is 16.2 Å². The highest BCUT2D eigenvalue weighted by molar-refractivity contribution is 9.10. The van der Waals surface area contributed by atoms with Crippen LogP contribution in [-0.2, 0) is 6.42 Å². The lowest BCUT2D eigenvalue weighted by Gasteiger charge is -2.09. The van der Waals surface area contributed by atoms with E-state index in [0.717, 1.165) is 41.3 Å². The molecule has 0 bridgehead atoms. The molecule has 0 saturated carbocycles. The van der Waals surface area contributed by atoms with Crippen LogP contribution in [0.15, 0.2) is 16.9 Å². The van der Waals surface area contributed by atoms with Crippen molar-refractivity contribution < 1.29 is 0 Å². The molecule has 0 amide bonds. The predicted molar refractivity (Wildman–Crippen MR) is 84.0 cm³/mol. The van der Waals surface area contributed by atoms with Crippen LogP contribution in [0.2, 0.25) is 0 Å². The third-order valence-corrected chi connectivity index (χ3v) is 3.50. The van der Waals surface area contributed by atoms with Crippen LogP contribution in [0.4, 0.5) is 5.82 Å². The smallest absolute Gasteiger partial charge is 0.134 e. The number of hydrogen-bond acceptors (Lipinski definition) is 4. The Bertz CT molecular complexity index is 564. The number of nitrogens with one attached hydrogen (secondary N) is 2. The first-order valence-electron chi connectivity index (χ1n) is 6.83. The van der Waals surface area contributed by atoms with Crippen molar-refractivity contribution in [3.63, 3.8) is 0 Å². The molecule has 0 aliphatic rings. The lowest BCUT2D eigenvalue weighted by Crippen LogP contribution is -2.08. The number of anilines is 1. The van der Waals surface area contributed by atoms with Crippen LogP contribution < -0.4 is 5.32 Å². The highest BCUT2D eigenvalue weighted by Crippen LogP contribution is 2.17. The van der Waals surface area contributed by atoms with Crippen LogP contribution >= 0.6 is 15.9 Å². The molecular formula is C14H20BrN5. The number of aryl methyl sites for hydroxylation is 2. The van der Waals surface area contributed by atoms with Crippen LogP contribution in [0.25, 0.3) is 0 Å². The Kier molecular flexibility index (Phi) is 5.11. The van der Waals surface area contributed by atoms with Crippen molar-refractivity contribution in [1.29, 1.82) is 0 Å². The summed E-state index contributed by atoms with van der Waals surface area (Å²) in [5, 5.41) is 10.3. The summed E-state index contributed by atoms with van der Waals surface area (Å²) in [6.45, 7) is 7.11. The zero-order valence-electron chi connectivity index (χ0n) is 12.1. The Hall–Kier alpha value is -1.43. The summed E-state index contributed by atoms with van der Waals surface area (Å²) in [4.78, 5) is 8.88. The molecule has 2 rings (SSSR count). The third kappa shape index (κ3) is 4.03. The van der Waals surface area contributed by atoms with Crippen LogP contribution in [0.3, 0.4) is 0 Å². The Balaban J connectivity index is 1.86. The van der Waals surface area contributed by atoms with E-state index in [1.54, 1.807) is 0 Å². The first-order chi connectivity index (χ1) is 9.56. The maximum atomic E-state index is 4.51. The van der Waals surface area contributed by atoms with E-state index < -0.39 is 0 Å². The maximum Gasteiger partial charge on any atom is 0.134 e. The molecule has 2 heterocycles. The fourth-order valence-corrected chi connectivity index (χ4v) is 2.31. The van der Waals surface area contributed by atoms with E-state index in [-0.39, 0.29) is 0 Å². The second kappa shape index (κ2) is 6.83. The lowest BCUT2D eigenvalue weighted by molar-refractivity contribution is 0.766. The van der Waals surface area contributed by atoms with E-state index in [1.807, 2.05) is 19.2 Å². The molecule has 0 aliphatic carbocycles. The van der Waals surface area contributed by atoms with Crippen molar-refractivity contribution in [1.82, 2.24) is 20.2 Å². The van der Waals surface area contributed by atoms with Gasteiger partial charge in [0.15, 0.2) is 0 Å². The van der Waals surface area contributed by atoms with Crippen LogP contribution in [0.5, 0.6) is 0 Å². The molecule has 0 radical (unpaired) electrons. The van der Waals surface area contributed by atoms with Crippen molar-refractivity contribution in [3.8, 4) is 0 Å². The van der Waals surface area contributed by atoms with Gasteiger partial charge in [-0.3, -0.25) is 5.10 Å². The van der Waals surface area contributed by atoms with Crippen LogP contribution in [0, 0.1) is 6.92 Å². The van der Waals surface area contributed by atoms with Gasteiger partial charge in [0, 0.05) is 24.2 Å². The number of hydrogen-bond donors (Lipinski definition) is 2. The van der Waals surface area contributed by atoms with E-state index in [2.05, 4.69) is 55.3 Å². The minimum atomic E-state index is 0.321. The average molecular weight is 338 g/mol. The number of H-pyrrole nitrogens is 1. The summed E-state index contributed by atoms with van der Waals surface area (Å²) in [6.07, 6.45) is 3.95. The van der Waals surface area contributed by atoms with Crippen LogP contribution in [0.1, 0.15) is 43.3 Å².